The zero-order chi connectivity index (χ0) is 18.5. The molecule has 1 aliphatic rings. The zero-order valence-electron chi connectivity index (χ0n) is 13.8. The van der Waals surface area contributed by atoms with Crippen LogP contribution in [0, 0.1) is 0 Å². The summed E-state index contributed by atoms with van der Waals surface area (Å²) >= 11 is 7.29. The minimum absolute atomic E-state index is 0.117. The number of nitrogens with zero attached hydrogens (tertiary/aromatic N) is 1. The Balaban J connectivity index is 1.78. The second-order valence-electron chi connectivity index (χ2n) is 6.06. The van der Waals surface area contributed by atoms with Crippen molar-refractivity contribution in [2.45, 2.75) is 10.6 Å². The molecule has 0 bridgehead atoms. The largest absolute Gasteiger partial charge is 0.311 e. The van der Waals surface area contributed by atoms with E-state index in [-0.39, 0.29) is 16.6 Å². The van der Waals surface area contributed by atoms with E-state index in [0.29, 0.717) is 21.0 Å². The van der Waals surface area contributed by atoms with Crippen molar-refractivity contribution in [3.8, 4) is 10.4 Å². The zero-order valence-corrected chi connectivity index (χ0v) is 16.2. The summed E-state index contributed by atoms with van der Waals surface area (Å²) in [5.74, 6) is -0.280. The van der Waals surface area contributed by atoms with E-state index in [1.807, 2.05) is 30.3 Å². The van der Waals surface area contributed by atoms with Gasteiger partial charge in [0.1, 0.15) is 0 Å². The number of anilines is 1. The Kier molecular flexibility index (Phi) is 4.14. The molecule has 0 saturated carbocycles. The van der Waals surface area contributed by atoms with Crippen LogP contribution < -0.4 is 4.90 Å². The molecule has 4 nitrogen and oxygen atoms in total. The molecule has 0 unspecified atom stereocenters. The third-order valence-corrected chi connectivity index (χ3v) is 7.47. The summed E-state index contributed by atoms with van der Waals surface area (Å²) in [6.07, 6.45) is 0. The average molecular weight is 404 g/mol. The summed E-state index contributed by atoms with van der Waals surface area (Å²) in [6, 6.07) is 15.9. The van der Waals surface area contributed by atoms with Gasteiger partial charge in [0.05, 0.1) is 15.5 Å². The van der Waals surface area contributed by atoms with Crippen molar-refractivity contribution in [1.29, 1.82) is 0 Å². The van der Waals surface area contributed by atoms with Gasteiger partial charge in [0.15, 0.2) is 9.84 Å². The van der Waals surface area contributed by atoms with Crippen molar-refractivity contribution >= 4 is 44.4 Å². The maximum absolute atomic E-state index is 12.9. The second kappa shape index (κ2) is 6.23. The molecule has 2 heterocycles. The van der Waals surface area contributed by atoms with Crippen molar-refractivity contribution in [3.05, 3.63) is 70.1 Å². The first-order valence-electron chi connectivity index (χ1n) is 7.85. The van der Waals surface area contributed by atoms with E-state index in [1.54, 1.807) is 30.1 Å². The molecule has 0 saturated heterocycles. The Bertz CT molecular complexity index is 1120. The van der Waals surface area contributed by atoms with E-state index >= 15 is 0 Å². The van der Waals surface area contributed by atoms with Crippen molar-refractivity contribution in [2.24, 2.45) is 0 Å². The number of halogens is 1. The van der Waals surface area contributed by atoms with Gasteiger partial charge in [0.25, 0.3) is 5.91 Å². The van der Waals surface area contributed by atoms with Crippen LogP contribution in [0.3, 0.4) is 0 Å². The summed E-state index contributed by atoms with van der Waals surface area (Å²) in [5, 5.41) is 0.382. The van der Waals surface area contributed by atoms with Crippen molar-refractivity contribution in [1.82, 2.24) is 0 Å². The van der Waals surface area contributed by atoms with Crippen LogP contribution in [0.2, 0.25) is 5.02 Å². The van der Waals surface area contributed by atoms with Gasteiger partial charge in [-0.2, -0.15) is 0 Å². The first kappa shape index (κ1) is 17.3. The lowest BCUT2D eigenvalue weighted by atomic mass is 10.1. The van der Waals surface area contributed by atoms with Crippen LogP contribution >= 0.6 is 22.9 Å². The number of carbonyl (C=O) groups excluding carboxylic acids is 1. The highest BCUT2D eigenvalue weighted by atomic mass is 35.5. The third kappa shape index (κ3) is 2.84. The topological polar surface area (TPSA) is 54.5 Å². The molecule has 3 aromatic rings. The molecule has 1 amide bonds. The Morgan fingerprint density at radius 3 is 2.58 bits per heavy atom. The number of hydrogen-bond donors (Lipinski definition) is 0. The molecule has 7 heteroatoms. The summed E-state index contributed by atoms with van der Waals surface area (Å²) in [4.78, 5) is 16.0. The summed E-state index contributed by atoms with van der Waals surface area (Å²) < 4.78 is 25.1. The lowest BCUT2D eigenvalue weighted by molar-refractivity contribution is 0.0997. The van der Waals surface area contributed by atoms with Gasteiger partial charge in [-0.3, -0.25) is 4.79 Å². The molecular weight excluding hydrogens is 390 g/mol. The summed E-state index contributed by atoms with van der Waals surface area (Å²) in [5.41, 5.74) is 2.06. The van der Waals surface area contributed by atoms with Crippen LogP contribution in [-0.4, -0.2) is 21.4 Å². The van der Waals surface area contributed by atoms with Crippen LogP contribution in [0.4, 0.5) is 5.69 Å². The summed E-state index contributed by atoms with van der Waals surface area (Å²) in [6.45, 7) is 0. The average Bonchev–Trinajstić information content (AvgIpc) is 3.04. The highest BCUT2D eigenvalue weighted by Crippen LogP contribution is 2.43. The van der Waals surface area contributed by atoms with E-state index in [9.17, 15) is 13.2 Å². The van der Waals surface area contributed by atoms with Gasteiger partial charge in [0.2, 0.25) is 0 Å². The van der Waals surface area contributed by atoms with Crippen LogP contribution in [-0.2, 0) is 15.6 Å². The fourth-order valence-corrected chi connectivity index (χ4v) is 6.22. The van der Waals surface area contributed by atoms with Gasteiger partial charge >= 0.3 is 0 Å². The monoisotopic (exact) mass is 403 g/mol. The quantitative estimate of drug-likeness (QED) is 0.626. The SMILES string of the molecule is CN(C(=O)c1cc2c(s1)-c1ccc(Cl)cc1S(=O)(=O)C2)c1ccccc1. The number of benzene rings is 2. The Morgan fingerprint density at radius 2 is 1.85 bits per heavy atom. The number of hydrogen-bond acceptors (Lipinski definition) is 4. The third-order valence-electron chi connectivity index (χ3n) is 4.34. The molecule has 0 N–H and O–H groups in total. The van der Waals surface area contributed by atoms with Gasteiger partial charge in [0, 0.05) is 28.2 Å². The predicted octanol–water partition coefficient (Wildman–Crippen LogP) is 4.63. The summed E-state index contributed by atoms with van der Waals surface area (Å²) in [7, 11) is -1.76. The van der Waals surface area contributed by atoms with Crippen LogP contribution in [0.1, 0.15) is 15.2 Å². The maximum atomic E-state index is 12.9. The standard InChI is InChI=1S/C19H14ClNO3S2/c1-21(14-5-3-2-4-6-14)19(22)16-9-12-11-26(23,24)17-10-13(20)7-8-15(17)18(12)25-16/h2-10H,11H2,1H3. The smallest absolute Gasteiger partial charge is 0.268 e. The van der Waals surface area contributed by atoms with E-state index in [1.165, 1.54) is 17.4 Å². The van der Waals surface area contributed by atoms with E-state index in [4.69, 9.17) is 11.6 Å². The molecule has 1 aromatic heterocycles. The van der Waals surface area contributed by atoms with Gasteiger partial charge in [-0.05, 0) is 35.9 Å². The van der Waals surface area contributed by atoms with Crippen molar-refractivity contribution in [2.75, 3.05) is 11.9 Å². The van der Waals surface area contributed by atoms with Crippen LogP contribution in [0.15, 0.2) is 59.5 Å². The number of carbonyl (C=O) groups is 1. The molecule has 26 heavy (non-hydrogen) atoms. The van der Waals surface area contributed by atoms with Gasteiger partial charge in [-0.25, -0.2) is 8.42 Å². The molecule has 0 spiro atoms. The highest BCUT2D eigenvalue weighted by Gasteiger charge is 2.31. The molecule has 0 aliphatic carbocycles. The predicted molar refractivity (Wildman–Crippen MR) is 105 cm³/mol. The molecular formula is C19H14ClNO3S2. The van der Waals surface area contributed by atoms with Gasteiger partial charge < -0.3 is 4.90 Å². The maximum Gasteiger partial charge on any atom is 0.268 e. The van der Waals surface area contributed by atoms with Crippen LogP contribution in [0.5, 0.6) is 0 Å². The normalized spacial score (nSPS) is 14.4. The number of sulfone groups is 1. The Labute approximate surface area is 160 Å². The first-order chi connectivity index (χ1) is 12.4. The number of para-hydroxylation sites is 1. The molecule has 132 valence electrons. The minimum atomic E-state index is -3.47. The lowest BCUT2D eigenvalue weighted by Gasteiger charge is -2.16. The number of thiophene rings is 1. The lowest BCUT2D eigenvalue weighted by Crippen LogP contribution is -2.25. The first-order valence-corrected chi connectivity index (χ1v) is 10.7. The van der Waals surface area contributed by atoms with E-state index in [2.05, 4.69) is 0 Å². The molecule has 2 aromatic carbocycles. The number of fused-ring (bicyclic) bond motifs is 3. The molecule has 4 rings (SSSR count). The minimum Gasteiger partial charge on any atom is -0.311 e. The molecule has 1 aliphatic heterocycles. The Hall–Kier alpha value is -2.15. The van der Waals surface area contributed by atoms with Crippen molar-refractivity contribution < 1.29 is 13.2 Å². The fraction of sp³-hybridized carbons (Fsp3) is 0.105. The van der Waals surface area contributed by atoms with E-state index < -0.39 is 9.84 Å². The van der Waals surface area contributed by atoms with E-state index in [0.717, 1.165) is 10.6 Å². The number of amides is 1. The Morgan fingerprint density at radius 1 is 1.12 bits per heavy atom. The fourth-order valence-electron chi connectivity index (χ4n) is 3.03. The van der Waals surface area contributed by atoms with Gasteiger partial charge in [-0.1, -0.05) is 35.9 Å². The van der Waals surface area contributed by atoms with Gasteiger partial charge in [-0.15, -0.1) is 11.3 Å². The highest BCUT2D eigenvalue weighted by molar-refractivity contribution is 7.91. The molecule has 0 atom stereocenters. The molecule has 0 radical (unpaired) electrons. The molecule has 0 fully saturated rings. The van der Waals surface area contributed by atoms with Crippen LogP contribution in [0.25, 0.3) is 10.4 Å². The van der Waals surface area contributed by atoms with Crippen molar-refractivity contribution in [3.63, 3.8) is 0 Å². The second-order valence-corrected chi connectivity index (χ2v) is 9.51. The number of rotatable bonds is 2.